The molecule has 0 aliphatic heterocycles. The molecule has 1 N–H and O–H groups in total. The fourth-order valence-electron chi connectivity index (χ4n) is 2.83. The monoisotopic (exact) mass is 343 g/mol. The van der Waals surface area contributed by atoms with Crippen molar-refractivity contribution in [1.29, 1.82) is 0 Å². The maximum Gasteiger partial charge on any atom is 0.333 e. The highest BCUT2D eigenvalue weighted by atomic mass is 16.5. The number of carbonyl (C=O) groups is 2. The van der Waals surface area contributed by atoms with E-state index in [0.717, 1.165) is 11.4 Å². The molecule has 1 atom stereocenters. The van der Waals surface area contributed by atoms with Crippen molar-refractivity contribution in [1.82, 2.24) is 15.1 Å². The smallest absolute Gasteiger partial charge is 0.333 e. The summed E-state index contributed by atoms with van der Waals surface area (Å²) < 4.78 is 6.95. The molecule has 134 valence electrons. The van der Waals surface area contributed by atoms with Crippen molar-refractivity contribution in [3.05, 3.63) is 47.3 Å². The zero-order valence-corrected chi connectivity index (χ0v) is 15.2. The highest BCUT2D eigenvalue weighted by Gasteiger charge is 2.30. The maximum absolute atomic E-state index is 12.5. The Bertz CT molecular complexity index is 738. The summed E-state index contributed by atoms with van der Waals surface area (Å²) in [4.78, 5) is 24.5. The first-order valence-electron chi connectivity index (χ1n) is 8.57. The summed E-state index contributed by atoms with van der Waals surface area (Å²) in [5.74, 6) is -0.641. The Hall–Kier alpha value is -2.63. The second kappa shape index (κ2) is 8.46. The minimum absolute atomic E-state index is 0.174. The van der Waals surface area contributed by atoms with Gasteiger partial charge in [0.25, 0.3) is 0 Å². The molecule has 0 spiro atoms. The lowest BCUT2D eigenvalue weighted by molar-refractivity contribution is -0.147. The number of benzene rings is 1. The molecule has 0 radical (unpaired) electrons. The van der Waals surface area contributed by atoms with Crippen molar-refractivity contribution in [3.63, 3.8) is 0 Å². The number of para-hydroxylation sites is 1. The molecule has 6 heteroatoms. The Labute approximate surface area is 148 Å². The number of amides is 1. The number of aromatic nitrogens is 2. The number of nitrogens with one attached hydrogen (secondary N) is 1. The lowest BCUT2D eigenvalue weighted by Crippen LogP contribution is -2.35. The predicted molar refractivity (Wildman–Crippen MR) is 95.5 cm³/mol. The molecule has 0 saturated carbocycles. The van der Waals surface area contributed by atoms with Gasteiger partial charge in [-0.25, -0.2) is 9.48 Å². The Balaban J connectivity index is 2.44. The second-order valence-electron chi connectivity index (χ2n) is 5.83. The van der Waals surface area contributed by atoms with Crippen LogP contribution in [0.2, 0.25) is 0 Å². The van der Waals surface area contributed by atoms with Crippen molar-refractivity contribution in [3.8, 4) is 5.69 Å². The molecule has 6 nitrogen and oxygen atoms in total. The van der Waals surface area contributed by atoms with Crippen LogP contribution < -0.4 is 5.32 Å². The second-order valence-corrected chi connectivity index (χ2v) is 5.83. The van der Waals surface area contributed by atoms with Gasteiger partial charge in [-0.3, -0.25) is 4.79 Å². The molecule has 0 aliphatic rings. The van der Waals surface area contributed by atoms with E-state index in [2.05, 4.69) is 10.4 Å². The summed E-state index contributed by atoms with van der Waals surface area (Å²) in [5.41, 5.74) is 3.08. The van der Waals surface area contributed by atoms with E-state index in [1.165, 1.54) is 0 Å². The van der Waals surface area contributed by atoms with Crippen LogP contribution in [0.4, 0.5) is 0 Å². The van der Waals surface area contributed by atoms with Crippen LogP contribution >= 0.6 is 0 Å². The molecular weight excluding hydrogens is 318 g/mol. The number of aryl methyl sites for hydroxylation is 1. The molecule has 2 aromatic rings. The van der Waals surface area contributed by atoms with Gasteiger partial charge < -0.3 is 10.1 Å². The number of carbonyl (C=O) groups excluding carboxylic acids is 2. The van der Waals surface area contributed by atoms with Crippen molar-refractivity contribution in [2.75, 3.05) is 6.61 Å². The van der Waals surface area contributed by atoms with Gasteiger partial charge >= 0.3 is 5.97 Å². The summed E-state index contributed by atoms with van der Waals surface area (Å²) in [6.45, 7) is 7.64. The third-order valence-corrected chi connectivity index (χ3v) is 3.94. The zero-order chi connectivity index (χ0) is 18.4. The minimum atomic E-state index is -0.850. The average molecular weight is 343 g/mol. The van der Waals surface area contributed by atoms with Crippen LogP contribution in [-0.4, -0.2) is 28.3 Å². The van der Waals surface area contributed by atoms with E-state index < -0.39 is 12.0 Å². The number of rotatable bonds is 7. The highest BCUT2D eigenvalue weighted by Crippen LogP contribution is 2.25. The molecule has 0 unspecified atom stereocenters. The summed E-state index contributed by atoms with van der Waals surface area (Å²) >= 11 is 0. The van der Waals surface area contributed by atoms with E-state index in [9.17, 15) is 9.59 Å². The molecule has 25 heavy (non-hydrogen) atoms. The van der Waals surface area contributed by atoms with Crippen molar-refractivity contribution >= 4 is 11.9 Å². The van der Waals surface area contributed by atoms with Gasteiger partial charge in [0.2, 0.25) is 5.91 Å². The van der Waals surface area contributed by atoms with E-state index in [-0.39, 0.29) is 12.5 Å². The minimum Gasteiger partial charge on any atom is -0.464 e. The van der Waals surface area contributed by atoms with Crippen LogP contribution in [0.1, 0.15) is 49.7 Å². The number of esters is 1. The summed E-state index contributed by atoms with van der Waals surface area (Å²) in [5, 5.41) is 7.35. The van der Waals surface area contributed by atoms with Crippen molar-refractivity contribution < 1.29 is 14.3 Å². The molecule has 1 amide bonds. The molecule has 0 aliphatic carbocycles. The lowest BCUT2D eigenvalue weighted by atomic mass is 10.0. The number of hydrogen-bond donors (Lipinski definition) is 1. The largest absolute Gasteiger partial charge is 0.464 e. The standard InChI is InChI=1S/C19H25N3O3/c1-5-10-16(23)20-18(19(24)25-6-2)17-13(3)21-22(14(17)4)15-11-8-7-9-12-15/h7-9,11-12,18H,5-6,10H2,1-4H3,(H,20,23)/t18-/m1/s1. The number of hydrogen-bond acceptors (Lipinski definition) is 4. The van der Waals surface area contributed by atoms with E-state index in [1.807, 2.05) is 51.1 Å². The quantitative estimate of drug-likeness (QED) is 0.784. The average Bonchev–Trinajstić information content (AvgIpc) is 2.88. The van der Waals surface area contributed by atoms with Crippen LogP contribution in [0.5, 0.6) is 0 Å². The topological polar surface area (TPSA) is 73.2 Å². The first-order chi connectivity index (χ1) is 12.0. The molecule has 2 rings (SSSR count). The van der Waals surface area contributed by atoms with Gasteiger partial charge in [-0.1, -0.05) is 25.1 Å². The van der Waals surface area contributed by atoms with Crippen LogP contribution in [0.3, 0.4) is 0 Å². The van der Waals surface area contributed by atoms with Gasteiger partial charge in [0.1, 0.15) is 0 Å². The normalized spacial score (nSPS) is 11.8. The van der Waals surface area contributed by atoms with Gasteiger partial charge in [0.15, 0.2) is 6.04 Å². The summed E-state index contributed by atoms with van der Waals surface area (Å²) in [7, 11) is 0. The molecular formula is C19H25N3O3. The Morgan fingerprint density at radius 2 is 1.88 bits per heavy atom. The van der Waals surface area contributed by atoms with Crippen LogP contribution in [0, 0.1) is 13.8 Å². The van der Waals surface area contributed by atoms with E-state index in [1.54, 1.807) is 11.6 Å². The van der Waals surface area contributed by atoms with Gasteiger partial charge in [-0.2, -0.15) is 5.10 Å². The summed E-state index contributed by atoms with van der Waals surface area (Å²) in [6, 6.07) is 8.82. The summed E-state index contributed by atoms with van der Waals surface area (Å²) in [6.07, 6.45) is 1.07. The van der Waals surface area contributed by atoms with Gasteiger partial charge in [-0.15, -0.1) is 0 Å². The predicted octanol–water partition coefficient (Wildman–Crippen LogP) is 3.01. The first kappa shape index (κ1) is 18.7. The Morgan fingerprint density at radius 1 is 1.20 bits per heavy atom. The van der Waals surface area contributed by atoms with Gasteiger partial charge in [-0.05, 0) is 39.3 Å². The molecule has 0 bridgehead atoms. The third kappa shape index (κ3) is 4.26. The van der Waals surface area contributed by atoms with E-state index >= 15 is 0 Å². The van der Waals surface area contributed by atoms with E-state index in [0.29, 0.717) is 24.1 Å². The molecule has 0 saturated heterocycles. The molecule has 1 heterocycles. The molecule has 1 aromatic carbocycles. The van der Waals surface area contributed by atoms with Crippen LogP contribution in [0.15, 0.2) is 30.3 Å². The van der Waals surface area contributed by atoms with E-state index in [4.69, 9.17) is 4.74 Å². The fraction of sp³-hybridized carbons (Fsp3) is 0.421. The SMILES string of the molecule is CCCC(=O)N[C@@H](C(=O)OCC)c1c(C)nn(-c2ccccc2)c1C. The van der Waals surface area contributed by atoms with Gasteiger partial charge in [0.05, 0.1) is 18.0 Å². The molecule has 1 aromatic heterocycles. The Kier molecular flexibility index (Phi) is 6.33. The first-order valence-corrected chi connectivity index (χ1v) is 8.57. The number of nitrogens with zero attached hydrogens (tertiary/aromatic N) is 2. The fourth-order valence-corrected chi connectivity index (χ4v) is 2.83. The number of ether oxygens (including phenoxy) is 1. The van der Waals surface area contributed by atoms with Crippen molar-refractivity contribution in [2.24, 2.45) is 0 Å². The van der Waals surface area contributed by atoms with Crippen LogP contribution in [0.25, 0.3) is 5.69 Å². The Morgan fingerprint density at radius 3 is 2.48 bits per heavy atom. The molecule has 0 fully saturated rings. The van der Waals surface area contributed by atoms with Crippen molar-refractivity contribution in [2.45, 2.75) is 46.6 Å². The van der Waals surface area contributed by atoms with Gasteiger partial charge in [0, 0.05) is 17.7 Å². The zero-order valence-electron chi connectivity index (χ0n) is 15.2. The maximum atomic E-state index is 12.5. The van der Waals surface area contributed by atoms with Crippen LogP contribution in [-0.2, 0) is 14.3 Å². The lowest BCUT2D eigenvalue weighted by Gasteiger charge is -2.18. The third-order valence-electron chi connectivity index (χ3n) is 3.94. The highest BCUT2D eigenvalue weighted by molar-refractivity contribution is 5.86.